The number of aromatic nitrogens is 1. The van der Waals surface area contributed by atoms with E-state index in [1.165, 1.54) is 12.1 Å². The minimum Gasteiger partial charge on any atom is -0.494 e. The van der Waals surface area contributed by atoms with Crippen LogP contribution >= 0.6 is 0 Å². The number of aliphatic carboxylic acids is 1. The first kappa shape index (κ1) is 26.7. The number of carbonyl (C=O) groups is 1. The van der Waals surface area contributed by atoms with Gasteiger partial charge >= 0.3 is 12.1 Å². The van der Waals surface area contributed by atoms with E-state index in [1.807, 2.05) is 0 Å². The second-order valence-corrected chi connectivity index (χ2v) is 8.11. The lowest BCUT2D eigenvalue weighted by atomic mass is 9.96. The summed E-state index contributed by atoms with van der Waals surface area (Å²) in [6, 6.07) is 13.6. The number of unbranched alkanes of at least 4 members (excludes halogenated alkanes) is 1. The van der Waals surface area contributed by atoms with E-state index in [0.717, 1.165) is 25.7 Å². The number of fused-ring (bicyclic) bond motifs is 1. The molecule has 1 heterocycles. The Bertz CT molecular complexity index is 1360. The van der Waals surface area contributed by atoms with E-state index in [-0.39, 0.29) is 17.3 Å². The highest BCUT2D eigenvalue weighted by atomic mass is 19.4. The van der Waals surface area contributed by atoms with Crippen LogP contribution in [0.25, 0.3) is 21.9 Å². The van der Waals surface area contributed by atoms with Crippen molar-refractivity contribution in [2.24, 2.45) is 5.73 Å². The predicted octanol–water partition coefficient (Wildman–Crippen LogP) is 4.77. The van der Waals surface area contributed by atoms with Crippen LogP contribution in [0.3, 0.4) is 0 Å². The van der Waals surface area contributed by atoms with Crippen molar-refractivity contribution in [3.8, 4) is 22.9 Å². The van der Waals surface area contributed by atoms with Crippen molar-refractivity contribution >= 4 is 16.7 Å². The number of carboxylic acid groups (broad SMARTS) is 1. The van der Waals surface area contributed by atoms with Crippen LogP contribution in [-0.2, 0) is 4.79 Å². The van der Waals surface area contributed by atoms with Crippen LogP contribution in [0.5, 0.6) is 5.75 Å². The Balaban J connectivity index is 0.000000454. The molecule has 0 unspecified atom stereocenters. The van der Waals surface area contributed by atoms with Crippen LogP contribution in [0.15, 0.2) is 47.3 Å². The van der Waals surface area contributed by atoms with E-state index in [9.17, 15) is 27.6 Å². The molecule has 190 valence electrons. The molecule has 3 aromatic rings. The largest absolute Gasteiger partial charge is 0.494 e. The number of hydrogen-bond acceptors (Lipinski definition) is 5. The summed E-state index contributed by atoms with van der Waals surface area (Å²) in [5, 5.41) is 18.1. The number of rotatable bonds is 7. The SMILES string of the molecule is N#Cc1c(-c2cccc(F)c2)c2cc(OCCCCN)ccc2c(=O)n1C1CC1.O=C(O)C(F)(F)F. The van der Waals surface area contributed by atoms with Crippen molar-refractivity contribution in [3.05, 3.63) is 64.3 Å². The number of hydrogen-bond donors (Lipinski definition) is 2. The first-order valence-corrected chi connectivity index (χ1v) is 11.1. The van der Waals surface area contributed by atoms with E-state index in [4.69, 9.17) is 20.4 Å². The van der Waals surface area contributed by atoms with Gasteiger partial charge in [-0.15, -0.1) is 0 Å². The summed E-state index contributed by atoms with van der Waals surface area (Å²) in [6.45, 7) is 1.12. The summed E-state index contributed by atoms with van der Waals surface area (Å²) in [5.74, 6) is -2.54. The minimum absolute atomic E-state index is 0.0287. The maximum atomic E-state index is 14.0. The Morgan fingerprint density at radius 1 is 1.17 bits per heavy atom. The second kappa shape index (κ2) is 11.2. The molecule has 1 aromatic heterocycles. The van der Waals surface area contributed by atoms with Gasteiger partial charge in [-0.25, -0.2) is 9.18 Å². The number of ether oxygens (including phenoxy) is 1. The highest BCUT2D eigenvalue weighted by molar-refractivity contribution is 5.99. The molecule has 11 heteroatoms. The third kappa shape index (κ3) is 6.20. The maximum Gasteiger partial charge on any atom is 0.490 e. The molecule has 2 aromatic carbocycles. The van der Waals surface area contributed by atoms with E-state index in [2.05, 4.69) is 6.07 Å². The Hall–Kier alpha value is -3.91. The van der Waals surface area contributed by atoms with E-state index in [0.29, 0.717) is 40.8 Å². The zero-order chi connectivity index (χ0) is 26.5. The first-order valence-electron chi connectivity index (χ1n) is 11.1. The van der Waals surface area contributed by atoms with Crippen LogP contribution in [0.4, 0.5) is 17.6 Å². The summed E-state index contributed by atoms with van der Waals surface area (Å²) in [7, 11) is 0. The molecule has 0 bridgehead atoms. The summed E-state index contributed by atoms with van der Waals surface area (Å²) in [5.41, 5.74) is 6.75. The van der Waals surface area contributed by atoms with Crippen molar-refractivity contribution in [1.82, 2.24) is 4.57 Å². The Labute approximate surface area is 203 Å². The molecular weight excluding hydrogens is 482 g/mol. The average molecular weight is 505 g/mol. The molecule has 3 N–H and O–H groups in total. The van der Waals surface area contributed by atoms with Gasteiger partial charge in [0.25, 0.3) is 5.56 Å². The van der Waals surface area contributed by atoms with Crippen molar-refractivity contribution in [3.63, 3.8) is 0 Å². The normalized spacial score (nSPS) is 13.0. The molecule has 1 saturated carbocycles. The Kier molecular flexibility index (Phi) is 8.32. The molecule has 1 aliphatic carbocycles. The van der Waals surface area contributed by atoms with Crippen molar-refractivity contribution < 1.29 is 32.2 Å². The highest BCUT2D eigenvalue weighted by Gasteiger charge is 2.38. The fourth-order valence-corrected chi connectivity index (χ4v) is 3.65. The molecule has 0 amide bonds. The van der Waals surface area contributed by atoms with Gasteiger partial charge in [-0.2, -0.15) is 18.4 Å². The molecule has 7 nitrogen and oxygen atoms in total. The van der Waals surface area contributed by atoms with Gasteiger partial charge in [-0.3, -0.25) is 9.36 Å². The van der Waals surface area contributed by atoms with E-state index >= 15 is 0 Å². The molecule has 0 saturated heterocycles. The van der Waals surface area contributed by atoms with Crippen molar-refractivity contribution in [2.75, 3.05) is 13.2 Å². The van der Waals surface area contributed by atoms with Crippen LogP contribution in [0.1, 0.15) is 37.4 Å². The first-order chi connectivity index (χ1) is 17.1. The van der Waals surface area contributed by atoms with Crippen molar-refractivity contribution in [2.45, 2.75) is 37.9 Å². The van der Waals surface area contributed by atoms with Crippen LogP contribution in [-0.4, -0.2) is 35.0 Å². The zero-order valence-electron chi connectivity index (χ0n) is 19.0. The quantitative estimate of drug-likeness (QED) is 0.353. The van der Waals surface area contributed by atoms with E-state index < -0.39 is 18.0 Å². The summed E-state index contributed by atoms with van der Waals surface area (Å²) in [6.07, 6.45) is -1.65. The second-order valence-electron chi connectivity index (χ2n) is 8.11. The van der Waals surface area contributed by atoms with Gasteiger partial charge in [-0.1, -0.05) is 12.1 Å². The van der Waals surface area contributed by atoms with Gasteiger partial charge in [0, 0.05) is 22.4 Å². The topological polar surface area (TPSA) is 118 Å². The molecule has 1 fully saturated rings. The molecule has 0 radical (unpaired) electrons. The fraction of sp³-hybridized carbons (Fsp3) is 0.320. The molecule has 4 rings (SSSR count). The number of nitrogens with zero attached hydrogens (tertiary/aromatic N) is 2. The molecule has 0 spiro atoms. The molecule has 0 atom stereocenters. The monoisotopic (exact) mass is 505 g/mol. The molecule has 0 aliphatic heterocycles. The third-order valence-electron chi connectivity index (χ3n) is 5.43. The average Bonchev–Trinajstić information content (AvgIpc) is 3.66. The third-order valence-corrected chi connectivity index (χ3v) is 5.43. The van der Waals surface area contributed by atoms with Gasteiger partial charge in [-0.05, 0) is 68.1 Å². The van der Waals surface area contributed by atoms with Crippen LogP contribution in [0, 0.1) is 17.1 Å². The summed E-state index contributed by atoms with van der Waals surface area (Å²) >= 11 is 0. The van der Waals surface area contributed by atoms with Gasteiger partial charge in [0.15, 0.2) is 0 Å². The lowest BCUT2D eigenvalue weighted by Crippen LogP contribution is -2.23. The zero-order valence-corrected chi connectivity index (χ0v) is 19.0. The van der Waals surface area contributed by atoms with Gasteiger partial charge in [0.05, 0.1) is 6.61 Å². The highest BCUT2D eigenvalue weighted by Crippen LogP contribution is 2.39. The lowest BCUT2D eigenvalue weighted by molar-refractivity contribution is -0.192. The van der Waals surface area contributed by atoms with Gasteiger partial charge in [0.1, 0.15) is 23.3 Å². The fourth-order valence-electron chi connectivity index (χ4n) is 3.65. The minimum atomic E-state index is -5.08. The summed E-state index contributed by atoms with van der Waals surface area (Å²) in [4.78, 5) is 22.0. The van der Waals surface area contributed by atoms with Crippen molar-refractivity contribution in [1.29, 1.82) is 5.26 Å². The standard InChI is InChI=1S/C23H22FN3O2.C2HF3O2/c24-16-5-3-4-15(12-16)22-20-13-18(29-11-2-1-10-25)8-9-19(20)23(28)27(17-6-7-17)21(22)14-26;3-2(4,5)1(6)7/h3-5,8-9,12-13,17H,1-2,6-7,10-11,25H2;(H,6,7). The number of carboxylic acids is 1. The predicted molar refractivity (Wildman–Crippen MR) is 124 cm³/mol. The molecule has 1 aliphatic rings. The van der Waals surface area contributed by atoms with E-state index in [1.54, 1.807) is 34.9 Å². The van der Waals surface area contributed by atoms with Gasteiger partial charge in [0.2, 0.25) is 0 Å². The number of pyridine rings is 1. The summed E-state index contributed by atoms with van der Waals surface area (Å²) < 4.78 is 53.1. The number of nitrogens with two attached hydrogens (primary N) is 1. The molecular formula is C25H23F4N3O4. The lowest BCUT2D eigenvalue weighted by Gasteiger charge is -2.16. The van der Waals surface area contributed by atoms with Crippen LogP contribution in [0.2, 0.25) is 0 Å². The number of benzene rings is 2. The smallest absolute Gasteiger partial charge is 0.490 e. The van der Waals surface area contributed by atoms with Crippen LogP contribution < -0.4 is 16.0 Å². The van der Waals surface area contributed by atoms with Gasteiger partial charge < -0.3 is 15.6 Å². The molecule has 36 heavy (non-hydrogen) atoms. The Morgan fingerprint density at radius 2 is 1.86 bits per heavy atom. The Morgan fingerprint density at radius 3 is 2.42 bits per heavy atom. The number of halogens is 4. The number of alkyl halides is 3. The maximum absolute atomic E-state index is 14.0. The number of nitriles is 1.